The molecule has 5 atom stereocenters. The monoisotopic (exact) mass is 586 g/mol. The van der Waals surface area contributed by atoms with Crippen LogP contribution in [0.3, 0.4) is 0 Å². The summed E-state index contributed by atoms with van der Waals surface area (Å²) in [6.07, 6.45) is 3.75. The standard InChI is InChI=1S/C30H30N6O7/c1-2-31-30(39)35-26-23-27(33-16-32-26)36(17-34-23)28-25-24(42-22(43-25)13-12-18-8-4-3-5-9-18)21(41-28)15-40-14-19-10-6-7-11-20(19)29(37)38/h3-13,16-17,21-22,24-25,28H,2,14-15H2,1H3,(H,37,38)(H2,31,32,33,35,39)/t21-,22+,24?,25+,28-/m1/s1. The topological polar surface area (TPSA) is 159 Å². The van der Waals surface area contributed by atoms with Crippen molar-refractivity contribution in [2.45, 2.75) is 44.4 Å². The summed E-state index contributed by atoms with van der Waals surface area (Å²) in [5.41, 5.74) is 2.56. The van der Waals surface area contributed by atoms with Gasteiger partial charge in [-0.3, -0.25) is 9.88 Å². The molecule has 0 radical (unpaired) electrons. The maximum absolute atomic E-state index is 12.1. The Hall–Kier alpha value is -4.69. The molecule has 6 rings (SSSR count). The largest absolute Gasteiger partial charge is 0.478 e. The van der Waals surface area contributed by atoms with E-state index in [1.165, 1.54) is 12.4 Å². The Morgan fingerprint density at radius 3 is 2.63 bits per heavy atom. The number of hydrogen-bond acceptors (Lipinski definition) is 9. The number of carbonyl (C=O) groups excluding carboxylic acids is 1. The van der Waals surface area contributed by atoms with Crippen LogP contribution in [0.2, 0.25) is 0 Å². The fraction of sp³-hybridized carbons (Fsp3) is 0.300. The summed E-state index contributed by atoms with van der Waals surface area (Å²) >= 11 is 0. The molecule has 1 unspecified atom stereocenters. The summed E-state index contributed by atoms with van der Waals surface area (Å²) in [6.45, 7) is 2.47. The number of carbonyl (C=O) groups is 2. The number of nitrogens with zero attached hydrogens (tertiary/aromatic N) is 4. The average Bonchev–Trinajstić information content (AvgIpc) is 3.72. The number of fused-ring (bicyclic) bond motifs is 2. The lowest BCUT2D eigenvalue weighted by molar-refractivity contribution is -0.139. The van der Waals surface area contributed by atoms with Crippen molar-refractivity contribution in [3.63, 3.8) is 0 Å². The van der Waals surface area contributed by atoms with Crippen molar-refractivity contribution in [2.24, 2.45) is 0 Å². The minimum atomic E-state index is -1.02. The highest BCUT2D eigenvalue weighted by molar-refractivity contribution is 5.95. The predicted molar refractivity (Wildman–Crippen MR) is 154 cm³/mol. The number of aromatic nitrogens is 4. The van der Waals surface area contributed by atoms with Gasteiger partial charge in [0, 0.05) is 6.54 Å². The van der Waals surface area contributed by atoms with E-state index in [1.54, 1.807) is 29.1 Å². The molecule has 13 heteroatoms. The lowest BCUT2D eigenvalue weighted by atomic mass is 10.1. The van der Waals surface area contributed by atoms with Gasteiger partial charge in [-0.1, -0.05) is 54.6 Å². The highest BCUT2D eigenvalue weighted by atomic mass is 16.8. The molecular weight excluding hydrogens is 556 g/mol. The number of carboxylic acids is 1. The van der Waals surface area contributed by atoms with Gasteiger partial charge in [-0.05, 0) is 30.2 Å². The molecular formula is C30H30N6O7. The predicted octanol–water partition coefficient (Wildman–Crippen LogP) is 3.60. The zero-order valence-corrected chi connectivity index (χ0v) is 23.2. The fourth-order valence-corrected chi connectivity index (χ4v) is 5.14. The second kappa shape index (κ2) is 12.7. The van der Waals surface area contributed by atoms with E-state index in [4.69, 9.17) is 18.9 Å². The van der Waals surface area contributed by atoms with Crippen molar-refractivity contribution in [3.8, 4) is 0 Å². The van der Waals surface area contributed by atoms with Gasteiger partial charge in [0.25, 0.3) is 0 Å². The number of nitrogens with one attached hydrogen (secondary N) is 2. The van der Waals surface area contributed by atoms with Gasteiger partial charge in [-0.2, -0.15) is 0 Å². The number of hydrogen-bond donors (Lipinski definition) is 3. The Morgan fingerprint density at radius 1 is 1.02 bits per heavy atom. The molecule has 13 nitrogen and oxygen atoms in total. The van der Waals surface area contributed by atoms with Gasteiger partial charge in [0.2, 0.25) is 0 Å². The molecule has 4 heterocycles. The van der Waals surface area contributed by atoms with E-state index in [1.807, 2.05) is 49.4 Å². The quantitative estimate of drug-likeness (QED) is 0.251. The van der Waals surface area contributed by atoms with Crippen LogP contribution in [0.5, 0.6) is 0 Å². The number of ether oxygens (including phenoxy) is 4. The second-order valence-corrected chi connectivity index (χ2v) is 9.91. The normalized spacial score (nSPS) is 23.0. The Bertz CT molecular complexity index is 1630. The number of rotatable bonds is 10. The van der Waals surface area contributed by atoms with Gasteiger partial charge < -0.3 is 29.4 Å². The fourth-order valence-electron chi connectivity index (χ4n) is 5.14. The van der Waals surface area contributed by atoms with Crippen LogP contribution < -0.4 is 10.6 Å². The zero-order chi connectivity index (χ0) is 29.8. The van der Waals surface area contributed by atoms with Crippen LogP contribution >= 0.6 is 0 Å². The van der Waals surface area contributed by atoms with Crippen LogP contribution in [0.25, 0.3) is 17.2 Å². The van der Waals surface area contributed by atoms with Crippen LogP contribution in [-0.4, -0.2) is 74.4 Å². The summed E-state index contributed by atoms with van der Waals surface area (Å²) in [7, 11) is 0. The number of imidazole rings is 1. The van der Waals surface area contributed by atoms with Gasteiger partial charge >= 0.3 is 12.0 Å². The molecule has 222 valence electrons. The highest BCUT2D eigenvalue weighted by Gasteiger charge is 2.53. The Kier molecular flexibility index (Phi) is 8.38. The van der Waals surface area contributed by atoms with E-state index in [-0.39, 0.29) is 24.6 Å². The van der Waals surface area contributed by atoms with Crippen molar-refractivity contribution in [3.05, 3.63) is 90.0 Å². The molecule has 0 spiro atoms. The van der Waals surface area contributed by atoms with Crippen LogP contribution in [0.4, 0.5) is 10.6 Å². The maximum atomic E-state index is 12.1. The van der Waals surface area contributed by atoms with Crippen molar-refractivity contribution >= 4 is 35.1 Å². The number of urea groups is 1. The van der Waals surface area contributed by atoms with Gasteiger partial charge in [0.15, 0.2) is 29.5 Å². The molecule has 2 aliphatic heterocycles. The maximum Gasteiger partial charge on any atom is 0.336 e. The van der Waals surface area contributed by atoms with Gasteiger partial charge in [-0.15, -0.1) is 0 Å². The minimum Gasteiger partial charge on any atom is -0.478 e. The van der Waals surface area contributed by atoms with Crippen molar-refractivity contribution in [2.75, 3.05) is 18.5 Å². The third-order valence-electron chi connectivity index (χ3n) is 7.10. The Morgan fingerprint density at radius 2 is 1.81 bits per heavy atom. The molecule has 2 aromatic heterocycles. The number of benzene rings is 2. The van der Waals surface area contributed by atoms with E-state index >= 15 is 0 Å². The molecule has 43 heavy (non-hydrogen) atoms. The lowest BCUT2D eigenvalue weighted by Crippen LogP contribution is -2.32. The Labute approximate surface area is 246 Å². The average molecular weight is 587 g/mol. The first-order valence-electron chi connectivity index (χ1n) is 13.8. The van der Waals surface area contributed by atoms with Crippen LogP contribution in [0.15, 0.2) is 73.3 Å². The molecule has 2 fully saturated rings. The zero-order valence-electron chi connectivity index (χ0n) is 23.2. The third kappa shape index (κ3) is 6.10. The minimum absolute atomic E-state index is 0.0820. The molecule has 2 saturated heterocycles. The van der Waals surface area contributed by atoms with E-state index in [0.29, 0.717) is 23.3 Å². The molecule has 2 aliphatic rings. The molecule has 4 aromatic rings. The summed E-state index contributed by atoms with van der Waals surface area (Å²) < 4.78 is 26.7. The first-order chi connectivity index (χ1) is 21.0. The van der Waals surface area contributed by atoms with Gasteiger partial charge in [0.05, 0.1) is 25.1 Å². The first-order valence-corrected chi connectivity index (χ1v) is 13.8. The number of anilines is 1. The highest BCUT2D eigenvalue weighted by Crippen LogP contribution is 2.41. The van der Waals surface area contributed by atoms with E-state index in [9.17, 15) is 14.7 Å². The number of carboxylic acid groups (broad SMARTS) is 1. The summed E-state index contributed by atoms with van der Waals surface area (Å²) in [4.78, 5) is 36.8. The smallest absolute Gasteiger partial charge is 0.336 e. The molecule has 2 aromatic carbocycles. The third-order valence-corrected chi connectivity index (χ3v) is 7.10. The van der Waals surface area contributed by atoms with Crippen molar-refractivity contribution < 1.29 is 33.6 Å². The van der Waals surface area contributed by atoms with E-state index in [0.717, 1.165) is 5.56 Å². The van der Waals surface area contributed by atoms with E-state index < -0.39 is 42.8 Å². The summed E-state index contributed by atoms with van der Waals surface area (Å²) in [5.74, 6) is -0.763. The molecule has 3 N–H and O–H groups in total. The molecule has 0 bridgehead atoms. The number of aromatic carboxylic acids is 1. The second-order valence-electron chi connectivity index (χ2n) is 9.91. The molecule has 0 aliphatic carbocycles. The summed E-state index contributed by atoms with van der Waals surface area (Å²) in [5, 5.41) is 14.9. The number of amides is 2. The van der Waals surface area contributed by atoms with Crippen LogP contribution in [0.1, 0.15) is 34.6 Å². The van der Waals surface area contributed by atoms with E-state index in [2.05, 4.69) is 25.6 Å². The van der Waals surface area contributed by atoms with Crippen molar-refractivity contribution in [1.29, 1.82) is 0 Å². The van der Waals surface area contributed by atoms with Crippen molar-refractivity contribution in [1.82, 2.24) is 24.8 Å². The molecule has 2 amide bonds. The molecule has 0 saturated carbocycles. The van der Waals surface area contributed by atoms with Crippen LogP contribution in [0, 0.1) is 0 Å². The Balaban J connectivity index is 1.24. The first kappa shape index (κ1) is 28.4. The SMILES string of the molecule is CCNC(=O)Nc1ncnc2c1ncn2[C@@H]1O[C@H](COCc2ccccc2C(=O)O)C2O[C@H](C=Cc3ccccc3)O[C@@H]21. The van der Waals surface area contributed by atoms with Crippen LogP contribution in [-0.2, 0) is 25.6 Å². The lowest BCUT2D eigenvalue weighted by Gasteiger charge is -2.20. The van der Waals surface area contributed by atoms with Gasteiger partial charge in [-0.25, -0.2) is 24.5 Å². The summed E-state index contributed by atoms with van der Waals surface area (Å²) in [6, 6.07) is 16.1. The van der Waals surface area contributed by atoms with Gasteiger partial charge in [0.1, 0.15) is 24.6 Å².